The number of carbonyl (C=O) groups is 1. The number of para-hydroxylation sites is 1. The molecule has 1 aromatic rings. The fraction of sp³-hybridized carbons (Fsp3) is 0.308. The van der Waals surface area contributed by atoms with E-state index in [0.29, 0.717) is 24.5 Å². The summed E-state index contributed by atoms with van der Waals surface area (Å²) in [5.74, 6) is 0.0306. The summed E-state index contributed by atoms with van der Waals surface area (Å²) in [4.78, 5) is 17.8. The second-order valence-electron chi connectivity index (χ2n) is 4.46. The molecule has 0 radical (unpaired) electrons. The van der Waals surface area contributed by atoms with Crippen LogP contribution in [-0.4, -0.2) is 29.6 Å². The molecule has 1 amide bonds. The van der Waals surface area contributed by atoms with Gasteiger partial charge in [0.05, 0.1) is 5.69 Å². The lowest BCUT2D eigenvalue weighted by molar-refractivity contribution is -0.118. The van der Waals surface area contributed by atoms with Crippen molar-refractivity contribution >= 4 is 34.9 Å². The molecule has 1 fully saturated rings. The van der Waals surface area contributed by atoms with E-state index in [9.17, 15) is 4.79 Å². The predicted octanol–water partition coefficient (Wildman–Crippen LogP) is 0.330. The zero-order chi connectivity index (χ0) is 14.5. The van der Waals surface area contributed by atoms with Gasteiger partial charge in [0.1, 0.15) is 6.04 Å². The Balaban J connectivity index is 1.97. The molecule has 6 nitrogen and oxygen atoms in total. The summed E-state index contributed by atoms with van der Waals surface area (Å²) in [6, 6.07) is 9.04. The maximum Gasteiger partial charge on any atom is 0.255 e. The fourth-order valence-electron chi connectivity index (χ4n) is 2.05. The number of nitrogens with two attached hydrogens (primary N) is 2. The normalized spacial score (nSPS) is 18.0. The van der Waals surface area contributed by atoms with Crippen LogP contribution in [0.25, 0.3) is 0 Å². The molecular formula is C13H17N5OS. The molecule has 0 aromatic heterocycles. The van der Waals surface area contributed by atoms with Gasteiger partial charge >= 0.3 is 0 Å². The molecule has 20 heavy (non-hydrogen) atoms. The van der Waals surface area contributed by atoms with Crippen LogP contribution in [0.1, 0.15) is 12.8 Å². The molecule has 7 heteroatoms. The summed E-state index contributed by atoms with van der Waals surface area (Å²) in [6.07, 6.45) is 1.35. The number of carbonyl (C=O) groups excluding carboxylic acids is 1. The molecule has 1 aliphatic rings. The Morgan fingerprint density at radius 2 is 2.05 bits per heavy atom. The molecule has 5 N–H and O–H groups in total. The minimum Gasteiger partial charge on any atom is -0.370 e. The van der Waals surface area contributed by atoms with E-state index in [1.54, 1.807) is 0 Å². The van der Waals surface area contributed by atoms with Gasteiger partial charge in [-0.15, -0.1) is 0 Å². The van der Waals surface area contributed by atoms with Gasteiger partial charge in [0.2, 0.25) is 0 Å². The fourth-order valence-corrected chi connectivity index (χ4v) is 2.39. The van der Waals surface area contributed by atoms with Crippen LogP contribution in [0.15, 0.2) is 35.3 Å². The van der Waals surface area contributed by atoms with Gasteiger partial charge < -0.3 is 16.8 Å². The number of amides is 1. The van der Waals surface area contributed by atoms with E-state index >= 15 is 0 Å². The molecule has 1 aliphatic heterocycles. The monoisotopic (exact) mass is 291 g/mol. The number of thiocarbonyl (C=S) groups is 1. The minimum atomic E-state index is -0.308. The van der Waals surface area contributed by atoms with Crippen LogP contribution in [0.5, 0.6) is 0 Å². The average molecular weight is 291 g/mol. The van der Waals surface area contributed by atoms with Crippen molar-refractivity contribution in [3.05, 3.63) is 30.3 Å². The van der Waals surface area contributed by atoms with Crippen molar-refractivity contribution in [1.29, 1.82) is 0 Å². The average Bonchev–Trinajstić information content (AvgIpc) is 2.70. The molecule has 0 unspecified atom stereocenters. The van der Waals surface area contributed by atoms with E-state index < -0.39 is 0 Å². The number of guanidine groups is 1. The van der Waals surface area contributed by atoms with Crippen LogP contribution >= 0.6 is 12.2 Å². The van der Waals surface area contributed by atoms with Crippen molar-refractivity contribution in [3.8, 4) is 0 Å². The van der Waals surface area contributed by atoms with Gasteiger partial charge in [0.25, 0.3) is 5.91 Å². The Kier molecular flexibility index (Phi) is 4.52. The van der Waals surface area contributed by atoms with Crippen molar-refractivity contribution in [3.63, 3.8) is 0 Å². The van der Waals surface area contributed by atoms with E-state index in [2.05, 4.69) is 10.3 Å². The molecular weight excluding hydrogens is 274 g/mol. The molecule has 1 saturated heterocycles. The largest absolute Gasteiger partial charge is 0.370 e. The van der Waals surface area contributed by atoms with Gasteiger partial charge in [-0.1, -0.05) is 18.2 Å². The molecule has 0 bridgehead atoms. The van der Waals surface area contributed by atoms with Crippen molar-refractivity contribution in [2.24, 2.45) is 16.5 Å². The van der Waals surface area contributed by atoms with Crippen molar-refractivity contribution in [1.82, 2.24) is 5.32 Å². The number of nitrogens with zero attached hydrogens (tertiary/aromatic N) is 2. The van der Waals surface area contributed by atoms with Crippen LogP contribution in [0.3, 0.4) is 0 Å². The summed E-state index contributed by atoms with van der Waals surface area (Å²) < 4.78 is 0. The highest BCUT2D eigenvalue weighted by Crippen LogP contribution is 2.20. The quantitative estimate of drug-likeness (QED) is 0.314. The second-order valence-corrected chi connectivity index (χ2v) is 4.85. The Morgan fingerprint density at radius 3 is 2.70 bits per heavy atom. The maximum absolute atomic E-state index is 12.3. The van der Waals surface area contributed by atoms with Crippen LogP contribution in [0.2, 0.25) is 0 Å². The maximum atomic E-state index is 12.3. The number of nitrogens with one attached hydrogen (secondary N) is 1. The van der Waals surface area contributed by atoms with Crippen LogP contribution in [0, 0.1) is 0 Å². The highest BCUT2D eigenvalue weighted by Gasteiger charge is 2.35. The van der Waals surface area contributed by atoms with Gasteiger partial charge in [-0.3, -0.25) is 14.7 Å². The highest BCUT2D eigenvalue weighted by molar-refractivity contribution is 7.80. The number of benzene rings is 1. The first kappa shape index (κ1) is 14.3. The molecule has 0 aliphatic carbocycles. The highest BCUT2D eigenvalue weighted by atomic mass is 32.1. The van der Waals surface area contributed by atoms with E-state index in [1.807, 2.05) is 30.3 Å². The van der Waals surface area contributed by atoms with E-state index in [0.717, 1.165) is 5.69 Å². The van der Waals surface area contributed by atoms with Crippen molar-refractivity contribution < 1.29 is 4.79 Å². The lowest BCUT2D eigenvalue weighted by Crippen LogP contribution is -2.31. The standard InChI is InChI=1S/C13H17N5OS/c14-12(15)16-8-4-7-10-11(19)18(13(20)17-10)9-5-2-1-3-6-9/h1-3,5-6,10H,4,7-8H2,(H,17,20)(H4,14,15,16)/t10-/m1/s1. The van der Waals surface area contributed by atoms with E-state index in [4.69, 9.17) is 23.7 Å². The molecule has 106 valence electrons. The van der Waals surface area contributed by atoms with Gasteiger partial charge in [-0.25, -0.2) is 0 Å². The van der Waals surface area contributed by atoms with E-state index in [-0.39, 0.29) is 17.9 Å². The van der Waals surface area contributed by atoms with Gasteiger partial charge in [-0.2, -0.15) is 0 Å². The van der Waals surface area contributed by atoms with Gasteiger partial charge in [-0.05, 0) is 37.2 Å². The van der Waals surface area contributed by atoms with Crippen molar-refractivity contribution in [2.45, 2.75) is 18.9 Å². The summed E-state index contributed by atoms with van der Waals surface area (Å²) in [5, 5.41) is 3.48. The van der Waals surface area contributed by atoms with Crippen LogP contribution in [0.4, 0.5) is 5.69 Å². The zero-order valence-corrected chi connectivity index (χ0v) is 11.8. The summed E-state index contributed by atoms with van der Waals surface area (Å²) >= 11 is 5.22. The van der Waals surface area contributed by atoms with Crippen molar-refractivity contribution in [2.75, 3.05) is 11.4 Å². The van der Waals surface area contributed by atoms with Crippen LogP contribution in [-0.2, 0) is 4.79 Å². The molecule has 1 atom stereocenters. The summed E-state index contributed by atoms with van der Waals surface area (Å²) in [6.45, 7) is 0.506. The number of aliphatic imine (C=N–C) groups is 1. The van der Waals surface area contributed by atoms with Gasteiger partial charge in [0, 0.05) is 6.54 Å². The number of hydrogen-bond acceptors (Lipinski definition) is 3. The number of anilines is 1. The molecule has 2 rings (SSSR count). The first-order valence-corrected chi connectivity index (χ1v) is 6.75. The molecule has 1 aromatic carbocycles. The minimum absolute atomic E-state index is 0.0362. The number of rotatable bonds is 5. The summed E-state index contributed by atoms with van der Waals surface area (Å²) in [7, 11) is 0. The number of hydrogen-bond donors (Lipinski definition) is 3. The molecule has 1 heterocycles. The first-order chi connectivity index (χ1) is 9.59. The van der Waals surface area contributed by atoms with Crippen LogP contribution < -0.4 is 21.7 Å². The Bertz CT molecular complexity index is 527. The van der Waals surface area contributed by atoms with E-state index in [1.165, 1.54) is 4.90 Å². The third-order valence-electron chi connectivity index (χ3n) is 2.98. The molecule has 0 spiro atoms. The predicted molar refractivity (Wildman–Crippen MR) is 83.4 cm³/mol. The third-order valence-corrected chi connectivity index (χ3v) is 3.28. The topological polar surface area (TPSA) is 96.7 Å². The second kappa shape index (κ2) is 6.33. The smallest absolute Gasteiger partial charge is 0.255 e. The van der Waals surface area contributed by atoms with Gasteiger partial charge in [0.15, 0.2) is 11.1 Å². The lowest BCUT2D eigenvalue weighted by Gasteiger charge is -2.14. The Labute approximate surface area is 122 Å². The Morgan fingerprint density at radius 1 is 1.35 bits per heavy atom. The lowest BCUT2D eigenvalue weighted by atomic mass is 10.1. The third kappa shape index (κ3) is 3.24. The first-order valence-electron chi connectivity index (χ1n) is 6.34. The Hall–Kier alpha value is -2.15. The zero-order valence-electron chi connectivity index (χ0n) is 11.0. The summed E-state index contributed by atoms with van der Waals surface area (Å²) in [5.41, 5.74) is 11.3. The molecule has 0 saturated carbocycles. The SMILES string of the molecule is NC(N)=NCCC[C@H]1NC(=S)N(c2ccccc2)C1=O.